The number of hydrogen-bond donors (Lipinski definition) is 2. The van der Waals surface area contributed by atoms with E-state index in [1.54, 1.807) is 4.57 Å². The number of carbonyl (C=O) groups is 1. The van der Waals surface area contributed by atoms with Gasteiger partial charge in [-0.25, -0.2) is 4.79 Å². The summed E-state index contributed by atoms with van der Waals surface area (Å²) < 4.78 is 1.79. The summed E-state index contributed by atoms with van der Waals surface area (Å²) in [5.41, 5.74) is 2.28. The molecule has 2 N–H and O–H groups in total. The third kappa shape index (κ3) is 2.88. The first-order valence-electron chi connectivity index (χ1n) is 8.53. The van der Waals surface area contributed by atoms with Gasteiger partial charge in [0.25, 0.3) is 0 Å². The van der Waals surface area contributed by atoms with Crippen LogP contribution in [0.5, 0.6) is 0 Å². The fraction of sp³-hybridized carbons (Fsp3) is 0.526. The highest BCUT2D eigenvalue weighted by Crippen LogP contribution is 2.31. The monoisotopic (exact) mass is 314 g/mol. The van der Waals surface area contributed by atoms with E-state index in [1.165, 1.54) is 19.3 Å². The van der Waals surface area contributed by atoms with Gasteiger partial charge in [-0.2, -0.15) is 0 Å². The number of nitrogens with zero attached hydrogens (tertiary/aromatic N) is 1. The van der Waals surface area contributed by atoms with Crippen LogP contribution in [0, 0.1) is 11.8 Å². The Morgan fingerprint density at radius 2 is 2.04 bits per heavy atom. The Labute approximate surface area is 137 Å². The first-order chi connectivity index (χ1) is 11.0. The summed E-state index contributed by atoms with van der Waals surface area (Å²) in [6.07, 6.45) is 3.73. The summed E-state index contributed by atoms with van der Waals surface area (Å²) in [6, 6.07) is 8.40. The van der Waals surface area contributed by atoms with Gasteiger partial charge in [0.2, 0.25) is 0 Å². The van der Waals surface area contributed by atoms with Gasteiger partial charge >= 0.3 is 5.97 Å². The maximum absolute atomic E-state index is 11.7. The quantitative estimate of drug-likeness (QED) is 0.902. The third-order valence-corrected chi connectivity index (χ3v) is 5.66. The molecule has 1 aromatic heterocycles. The molecule has 0 aliphatic heterocycles. The van der Waals surface area contributed by atoms with E-state index in [4.69, 9.17) is 0 Å². The minimum atomic E-state index is -0.856. The molecule has 1 aliphatic carbocycles. The molecule has 0 bridgehead atoms. The molecule has 1 heterocycles. The molecule has 0 radical (unpaired) electrons. The molecule has 1 saturated carbocycles. The summed E-state index contributed by atoms with van der Waals surface area (Å²) in [5, 5.41) is 14.3. The number of para-hydroxylation sites is 1. The molecule has 3 rings (SSSR count). The molecule has 4 nitrogen and oxygen atoms in total. The number of aromatic carboxylic acids is 1. The number of carboxylic acids is 1. The number of carboxylic acid groups (broad SMARTS) is 1. The summed E-state index contributed by atoms with van der Waals surface area (Å²) in [6.45, 7) is 5.24. The number of nitrogens with one attached hydrogen (secondary N) is 1. The van der Waals surface area contributed by atoms with Crippen molar-refractivity contribution in [2.45, 2.75) is 45.7 Å². The highest BCUT2D eigenvalue weighted by Gasteiger charge is 2.28. The van der Waals surface area contributed by atoms with Crippen molar-refractivity contribution >= 4 is 16.9 Å². The second kappa shape index (κ2) is 6.36. The molecule has 3 atom stereocenters. The lowest BCUT2D eigenvalue weighted by Gasteiger charge is -2.34. The van der Waals surface area contributed by atoms with Crippen molar-refractivity contribution in [3.05, 3.63) is 35.5 Å². The zero-order chi connectivity index (χ0) is 16.6. The molecule has 0 saturated heterocycles. The van der Waals surface area contributed by atoms with Crippen LogP contribution in [-0.2, 0) is 13.6 Å². The van der Waals surface area contributed by atoms with E-state index in [0.29, 0.717) is 24.2 Å². The maximum Gasteiger partial charge on any atom is 0.352 e. The molecular weight excluding hydrogens is 288 g/mol. The van der Waals surface area contributed by atoms with E-state index < -0.39 is 5.97 Å². The Hall–Kier alpha value is -1.81. The predicted octanol–water partition coefficient (Wildman–Crippen LogP) is 3.79. The van der Waals surface area contributed by atoms with E-state index in [0.717, 1.165) is 22.4 Å². The number of aromatic nitrogens is 1. The van der Waals surface area contributed by atoms with E-state index in [9.17, 15) is 9.90 Å². The van der Waals surface area contributed by atoms with Crippen LogP contribution in [0.4, 0.5) is 0 Å². The van der Waals surface area contributed by atoms with Crippen LogP contribution in [0.2, 0.25) is 0 Å². The van der Waals surface area contributed by atoms with Gasteiger partial charge in [-0.3, -0.25) is 0 Å². The fourth-order valence-electron chi connectivity index (χ4n) is 4.03. The number of hydrogen-bond acceptors (Lipinski definition) is 2. The lowest BCUT2D eigenvalue weighted by atomic mass is 9.78. The number of aryl methyl sites for hydroxylation is 1. The van der Waals surface area contributed by atoms with Crippen molar-refractivity contribution in [3.63, 3.8) is 0 Å². The maximum atomic E-state index is 11.7. The van der Waals surface area contributed by atoms with Gasteiger partial charge in [0, 0.05) is 36.1 Å². The van der Waals surface area contributed by atoms with Crippen molar-refractivity contribution < 1.29 is 9.90 Å². The molecule has 4 heteroatoms. The van der Waals surface area contributed by atoms with E-state index >= 15 is 0 Å². The van der Waals surface area contributed by atoms with Crippen LogP contribution in [0.25, 0.3) is 10.9 Å². The lowest BCUT2D eigenvalue weighted by Crippen LogP contribution is -2.40. The Morgan fingerprint density at radius 3 is 2.78 bits per heavy atom. The molecule has 0 spiro atoms. The highest BCUT2D eigenvalue weighted by atomic mass is 16.4. The van der Waals surface area contributed by atoms with Gasteiger partial charge in [0.05, 0.1) is 0 Å². The lowest BCUT2D eigenvalue weighted by molar-refractivity contribution is 0.0685. The topological polar surface area (TPSA) is 54.3 Å². The van der Waals surface area contributed by atoms with E-state index in [-0.39, 0.29) is 0 Å². The van der Waals surface area contributed by atoms with Crippen LogP contribution in [-0.4, -0.2) is 21.7 Å². The number of fused-ring (bicyclic) bond motifs is 1. The SMILES string of the molecule is C[C@@H]1[C@H](C)CCC[C@H]1NCc1c(C(=O)O)n(C)c2ccccc12. The largest absolute Gasteiger partial charge is 0.477 e. The van der Waals surface area contributed by atoms with Gasteiger partial charge in [-0.15, -0.1) is 0 Å². The average Bonchev–Trinajstić information content (AvgIpc) is 2.82. The highest BCUT2D eigenvalue weighted by molar-refractivity contribution is 5.98. The third-order valence-electron chi connectivity index (χ3n) is 5.66. The summed E-state index contributed by atoms with van der Waals surface area (Å²) in [5.74, 6) is 0.505. The summed E-state index contributed by atoms with van der Waals surface area (Å²) >= 11 is 0. The standard InChI is InChI=1S/C19H26N2O2/c1-12-7-6-9-16(13(12)2)20-11-15-14-8-4-5-10-17(14)21(3)18(15)19(22)23/h4-5,8,10,12-13,16,20H,6-7,9,11H2,1-3H3,(H,22,23)/t12-,13-,16-/m1/s1. The molecule has 1 aliphatic rings. The van der Waals surface area contributed by atoms with Gasteiger partial charge < -0.3 is 15.0 Å². The Balaban J connectivity index is 1.90. The molecule has 0 unspecified atom stereocenters. The van der Waals surface area contributed by atoms with Crippen LogP contribution in [0.3, 0.4) is 0 Å². The van der Waals surface area contributed by atoms with Crippen LogP contribution < -0.4 is 5.32 Å². The normalized spacial score (nSPS) is 24.9. The van der Waals surface area contributed by atoms with Crippen LogP contribution in [0.1, 0.15) is 49.2 Å². The molecule has 23 heavy (non-hydrogen) atoms. The second-order valence-corrected chi connectivity index (χ2v) is 6.96. The minimum absolute atomic E-state index is 0.398. The minimum Gasteiger partial charge on any atom is -0.477 e. The Morgan fingerprint density at radius 1 is 1.30 bits per heavy atom. The summed E-state index contributed by atoms with van der Waals surface area (Å²) in [4.78, 5) is 11.7. The van der Waals surface area contributed by atoms with Crippen LogP contribution >= 0.6 is 0 Å². The van der Waals surface area contributed by atoms with Crippen LogP contribution in [0.15, 0.2) is 24.3 Å². The van der Waals surface area contributed by atoms with Gasteiger partial charge in [0.15, 0.2) is 0 Å². The zero-order valence-electron chi connectivity index (χ0n) is 14.2. The Bertz CT molecular complexity index is 719. The number of rotatable bonds is 4. The van der Waals surface area contributed by atoms with E-state index in [2.05, 4.69) is 19.2 Å². The molecule has 1 aromatic carbocycles. The van der Waals surface area contributed by atoms with Gasteiger partial charge in [-0.1, -0.05) is 44.9 Å². The summed E-state index contributed by atoms with van der Waals surface area (Å²) in [7, 11) is 1.83. The Kier molecular flexibility index (Phi) is 4.44. The zero-order valence-corrected chi connectivity index (χ0v) is 14.2. The van der Waals surface area contributed by atoms with Crippen molar-refractivity contribution in [2.24, 2.45) is 18.9 Å². The van der Waals surface area contributed by atoms with E-state index in [1.807, 2.05) is 31.3 Å². The van der Waals surface area contributed by atoms with Crippen molar-refractivity contribution in [1.82, 2.24) is 9.88 Å². The number of benzene rings is 1. The molecule has 124 valence electrons. The first kappa shape index (κ1) is 16.1. The van der Waals surface area contributed by atoms with Crippen molar-refractivity contribution in [2.75, 3.05) is 0 Å². The van der Waals surface area contributed by atoms with Crippen molar-refractivity contribution in [3.8, 4) is 0 Å². The fourth-order valence-corrected chi connectivity index (χ4v) is 4.03. The molecule has 1 fully saturated rings. The van der Waals surface area contributed by atoms with Gasteiger partial charge in [0.1, 0.15) is 5.69 Å². The average molecular weight is 314 g/mol. The predicted molar refractivity (Wildman–Crippen MR) is 92.7 cm³/mol. The second-order valence-electron chi connectivity index (χ2n) is 6.96. The first-order valence-corrected chi connectivity index (χ1v) is 8.53. The molecule has 2 aromatic rings. The van der Waals surface area contributed by atoms with Gasteiger partial charge in [-0.05, 0) is 24.3 Å². The molecular formula is C19H26N2O2. The molecule has 0 amide bonds. The van der Waals surface area contributed by atoms with Crippen molar-refractivity contribution in [1.29, 1.82) is 0 Å². The smallest absolute Gasteiger partial charge is 0.352 e.